The van der Waals surface area contributed by atoms with Gasteiger partial charge in [0.25, 0.3) is 0 Å². The van der Waals surface area contributed by atoms with Crippen LogP contribution in [0.5, 0.6) is 0 Å². The SMILES string of the molecule is NC(=O)O[C@@H](CC1CCCCC1)C(=O)c1ccccn1. The number of pyridine rings is 1. The summed E-state index contributed by atoms with van der Waals surface area (Å²) in [5.74, 6) is 0.149. The minimum Gasteiger partial charge on any atom is -0.438 e. The molecule has 1 aromatic heterocycles. The van der Waals surface area contributed by atoms with Gasteiger partial charge < -0.3 is 10.5 Å². The zero-order valence-corrected chi connectivity index (χ0v) is 11.5. The van der Waals surface area contributed by atoms with Crippen molar-refractivity contribution in [3.8, 4) is 0 Å². The first-order valence-electron chi connectivity index (χ1n) is 7.08. The van der Waals surface area contributed by atoms with E-state index in [4.69, 9.17) is 10.5 Å². The maximum atomic E-state index is 12.4. The van der Waals surface area contributed by atoms with E-state index in [0.29, 0.717) is 18.0 Å². The Labute approximate surface area is 118 Å². The van der Waals surface area contributed by atoms with Gasteiger partial charge in [0.05, 0.1) is 0 Å². The molecule has 1 heterocycles. The number of hydrogen-bond acceptors (Lipinski definition) is 4. The van der Waals surface area contributed by atoms with E-state index in [2.05, 4.69) is 4.98 Å². The molecule has 0 spiro atoms. The number of rotatable bonds is 5. The number of aromatic nitrogens is 1. The molecule has 1 aliphatic carbocycles. The number of carbonyl (C=O) groups is 2. The largest absolute Gasteiger partial charge is 0.438 e. The molecule has 0 bridgehead atoms. The molecular formula is C15H20N2O3. The monoisotopic (exact) mass is 276 g/mol. The van der Waals surface area contributed by atoms with Crippen molar-refractivity contribution in [1.29, 1.82) is 0 Å². The second kappa shape index (κ2) is 7.03. The van der Waals surface area contributed by atoms with Crippen LogP contribution in [0.3, 0.4) is 0 Å². The van der Waals surface area contributed by atoms with Gasteiger partial charge in [-0.2, -0.15) is 0 Å². The lowest BCUT2D eigenvalue weighted by Crippen LogP contribution is -2.33. The third kappa shape index (κ3) is 4.05. The summed E-state index contributed by atoms with van der Waals surface area (Å²) in [4.78, 5) is 27.4. The highest BCUT2D eigenvalue weighted by molar-refractivity contribution is 5.98. The molecule has 5 nitrogen and oxygen atoms in total. The molecule has 20 heavy (non-hydrogen) atoms. The van der Waals surface area contributed by atoms with Crippen molar-refractivity contribution in [2.24, 2.45) is 11.7 Å². The summed E-state index contributed by atoms with van der Waals surface area (Å²) >= 11 is 0. The number of ether oxygens (including phenoxy) is 1. The lowest BCUT2D eigenvalue weighted by atomic mass is 9.84. The fraction of sp³-hybridized carbons (Fsp3) is 0.533. The first-order chi connectivity index (χ1) is 9.66. The summed E-state index contributed by atoms with van der Waals surface area (Å²) in [6.07, 6.45) is 6.11. The molecule has 0 unspecified atom stereocenters. The van der Waals surface area contributed by atoms with Gasteiger partial charge in [-0.3, -0.25) is 9.78 Å². The molecule has 1 fully saturated rings. The number of primary amides is 1. The summed E-state index contributed by atoms with van der Waals surface area (Å²) in [6, 6.07) is 5.10. The molecule has 2 N–H and O–H groups in total. The number of nitrogens with two attached hydrogens (primary N) is 1. The average molecular weight is 276 g/mol. The first-order valence-corrected chi connectivity index (χ1v) is 7.08. The standard InChI is InChI=1S/C15H20N2O3/c16-15(19)20-13(10-11-6-2-1-3-7-11)14(18)12-8-4-5-9-17-12/h4-5,8-9,11,13H,1-3,6-7,10H2,(H2,16,19)/t13-/m0/s1. The molecule has 0 radical (unpaired) electrons. The Kier molecular flexibility index (Phi) is 5.09. The van der Waals surface area contributed by atoms with Gasteiger partial charge in [-0.1, -0.05) is 38.2 Å². The topological polar surface area (TPSA) is 82.3 Å². The minimum atomic E-state index is -0.907. The minimum absolute atomic E-state index is 0.269. The fourth-order valence-corrected chi connectivity index (χ4v) is 2.75. The second-order valence-electron chi connectivity index (χ2n) is 5.24. The van der Waals surface area contributed by atoms with Gasteiger partial charge >= 0.3 is 6.09 Å². The van der Waals surface area contributed by atoms with E-state index in [9.17, 15) is 9.59 Å². The van der Waals surface area contributed by atoms with Gasteiger partial charge in [-0.15, -0.1) is 0 Å². The molecule has 108 valence electrons. The summed E-state index contributed by atoms with van der Waals surface area (Å²) < 4.78 is 5.02. The molecule has 1 saturated carbocycles. The van der Waals surface area contributed by atoms with E-state index < -0.39 is 12.2 Å². The fourth-order valence-electron chi connectivity index (χ4n) is 2.75. The van der Waals surface area contributed by atoms with Crippen molar-refractivity contribution in [2.75, 3.05) is 0 Å². The van der Waals surface area contributed by atoms with Gasteiger partial charge in [0.2, 0.25) is 5.78 Å². The van der Waals surface area contributed by atoms with Crippen molar-refractivity contribution < 1.29 is 14.3 Å². The van der Waals surface area contributed by atoms with Crippen LogP contribution in [0.15, 0.2) is 24.4 Å². The van der Waals surface area contributed by atoms with E-state index in [1.807, 2.05) is 0 Å². The van der Waals surface area contributed by atoms with E-state index in [0.717, 1.165) is 12.8 Å². The molecule has 2 rings (SSSR count). The molecule has 1 aliphatic rings. The maximum Gasteiger partial charge on any atom is 0.405 e. The molecule has 0 aliphatic heterocycles. The highest BCUT2D eigenvalue weighted by atomic mass is 16.6. The van der Waals surface area contributed by atoms with Crippen LogP contribution < -0.4 is 5.73 Å². The number of amides is 1. The Hall–Kier alpha value is -1.91. The molecule has 1 amide bonds. The third-order valence-electron chi connectivity index (χ3n) is 3.74. The zero-order valence-electron chi connectivity index (χ0n) is 11.5. The van der Waals surface area contributed by atoms with Crippen LogP contribution in [0.25, 0.3) is 0 Å². The van der Waals surface area contributed by atoms with E-state index in [-0.39, 0.29) is 5.78 Å². The molecule has 5 heteroatoms. The summed E-state index contributed by atoms with van der Waals surface area (Å²) in [6.45, 7) is 0. The predicted octanol–water partition coefficient (Wildman–Crippen LogP) is 2.70. The van der Waals surface area contributed by atoms with Gasteiger partial charge in [-0.05, 0) is 24.5 Å². The van der Waals surface area contributed by atoms with Crippen molar-refractivity contribution >= 4 is 11.9 Å². The van der Waals surface area contributed by atoms with Crippen molar-refractivity contribution in [2.45, 2.75) is 44.6 Å². The summed E-state index contributed by atoms with van der Waals surface area (Å²) in [5.41, 5.74) is 5.39. The average Bonchev–Trinajstić information content (AvgIpc) is 2.47. The Morgan fingerprint density at radius 1 is 1.30 bits per heavy atom. The summed E-state index contributed by atoms with van der Waals surface area (Å²) in [7, 11) is 0. The highest BCUT2D eigenvalue weighted by Gasteiger charge is 2.28. The molecule has 0 aromatic carbocycles. The van der Waals surface area contributed by atoms with Crippen molar-refractivity contribution in [1.82, 2.24) is 4.98 Å². The number of carbonyl (C=O) groups excluding carboxylic acids is 2. The molecule has 1 atom stereocenters. The number of Topliss-reactive ketones (excluding diaryl/α,β-unsaturated/α-hetero) is 1. The third-order valence-corrected chi connectivity index (χ3v) is 3.74. The van der Waals surface area contributed by atoms with Crippen LogP contribution in [0.2, 0.25) is 0 Å². The maximum absolute atomic E-state index is 12.4. The smallest absolute Gasteiger partial charge is 0.405 e. The van der Waals surface area contributed by atoms with E-state index >= 15 is 0 Å². The molecular weight excluding hydrogens is 256 g/mol. The Morgan fingerprint density at radius 2 is 2.05 bits per heavy atom. The normalized spacial score (nSPS) is 17.4. The quantitative estimate of drug-likeness (QED) is 0.838. The lowest BCUT2D eigenvalue weighted by molar-refractivity contribution is 0.0565. The van der Waals surface area contributed by atoms with Crippen LogP contribution in [-0.2, 0) is 4.74 Å². The van der Waals surface area contributed by atoms with E-state index in [1.165, 1.54) is 19.3 Å². The van der Waals surface area contributed by atoms with Gasteiger partial charge in [0.15, 0.2) is 6.10 Å². The zero-order chi connectivity index (χ0) is 14.4. The second-order valence-corrected chi connectivity index (χ2v) is 5.24. The highest BCUT2D eigenvalue weighted by Crippen LogP contribution is 2.28. The molecule has 0 saturated heterocycles. The Bertz CT molecular complexity index is 455. The van der Waals surface area contributed by atoms with Crippen LogP contribution in [0.1, 0.15) is 49.0 Å². The van der Waals surface area contributed by atoms with Crippen LogP contribution >= 0.6 is 0 Å². The van der Waals surface area contributed by atoms with Crippen molar-refractivity contribution in [3.63, 3.8) is 0 Å². The predicted molar refractivity (Wildman–Crippen MR) is 74.2 cm³/mol. The van der Waals surface area contributed by atoms with Crippen LogP contribution in [0.4, 0.5) is 4.79 Å². The van der Waals surface area contributed by atoms with Gasteiger partial charge in [-0.25, -0.2) is 4.79 Å². The van der Waals surface area contributed by atoms with E-state index in [1.54, 1.807) is 24.4 Å². The van der Waals surface area contributed by atoms with Crippen molar-refractivity contribution in [3.05, 3.63) is 30.1 Å². The van der Waals surface area contributed by atoms with Gasteiger partial charge in [0.1, 0.15) is 5.69 Å². The number of hydrogen-bond donors (Lipinski definition) is 1. The first kappa shape index (κ1) is 14.5. The summed E-state index contributed by atoms with van der Waals surface area (Å²) in [5, 5.41) is 0. The number of nitrogens with zero attached hydrogens (tertiary/aromatic N) is 1. The van der Waals surface area contributed by atoms with Crippen LogP contribution in [0, 0.1) is 5.92 Å². The Balaban J connectivity index is 2.06. The van der Waals surface area contributed by atoms with Crippen LogP contribution in [-0.4, -0.2) is 23.0 Å². The van der Waals surface area contributed by atoms with Gasteiger partial charge in [0, 0.05) is 6.20 Å². The lowest BCUT2D eigenvalue weighted by Gasteiger charge is -2.25. The number of ketones is 1. The molecule has 1 aromatic rings. The Morgan fingerprint density at radius 3 is 2.65 bits per heavy atom.